The average molecular weight is 268 g/mol. The van der Waals surface area contributed by atoms with E-state index < -0.39 is 0 Å². The third-order valence-electron chi connectivity index (χ3n) is 3.20. The molecule has 0 aromatic heterocycles. The highest BCUT2D eigenvalue weighted by atomic mass is 16.5. The average Bonchev–Trinajstić information content (AvgIpc) is 2.39. The summed E-state index contributed by atoms with van der Waals surface area (Å²) in [5, 5.41) is 7.60. The lowest BCUT2D eigenvalue weighted by molar-refractivity contribution is 0.481. The molecule has 0 unspecified atom stereocenters. The smallest absolute Gasteiger partial charge is 0.138 e. The minimum Gasteiger partial charge on any atom is -0.457 e. The van der Waals surface area contributed by atoms with Crippen LogP contribution in [0.3, 0.4) is 0 Å². The maximum Gasteiger partial charge on any atom is 0.138 e. The van der Waals surface area contributed by atoms with Crippen molar-refractivity contribution in [2.45, 2.75) is 26.7 Å². The van der Waals surface area contributed by atoms with Gasteiger partial charge in [-0.1, -0.05) is 32.0 Å². The molecule has 2 aromatic carbocycles. The van der Waals surface area contributed by atoms with E-state index in [2.05, 4.69) is 26.0 Å². The molecule has 2 rings (SSSR count). The van der Waals surface area contributed by atoms with Gasteiger partial charge in [-0.3, -0.25) is 5.41 Å². The summed E-state index contributed by atoms with van der Waals surface area (Å²) >= 11 is 0. The molecule has 104 valence electrons. The number of ether oxygens (including phenoxy) is 1. The summed E-state index contributed by atoms with van der Waals surface area (Å²) in [6.07, 6.45) is 0. The molecule has 3 N–H and O–H groups in total. The molecule has 0 aliphatic rings. The van der Waals surface area contributed by atoms with Crippen LogP contribution in [0.4, 0.5) is 0 Å². The molecule has 0 aliphatic heterocycles. The molecule has 3 nitrogen and oxygen atoms in total. The van der Waals surface area contributed by atoms with Gasteiger partial charge in [0.1, 0.15) is 17.3 Å². The monoisotopic (exact) mass is 268 g/mol. The van der Waals surface area contributed by atoms with Crippen molar-refractivity contribution >= 4 is 5.84 Å². The number of amidine groups is 1. The number of hydrogen-bond acceptors (Lipinski definition) is 2. The number of nitrogens with two attached hydrogens (primary N) is 1. The highest BCUT2D eigenvalue weighted by Crippen LogP contribution is 2.27. The first-order valence-corrected chi connectivity index (χ1v) is 6.70. The van der Waals surface area contributed by atoms with Crippen molar-refractivity contribution in [2.75, 3.05) is 0 Å². The maximum atomic E-state index is 7.60. The molecule has 0 spiro atoms. The Labute approximate surface area is 119 Å². The van der Waals surface area contributed by atoms with Crippen LogP contribution in [0.25, 0.3) is 0 Å². The van der Waals surface area contributed by atoms with Crippen molar-refractivity contribution in [3.05, 3.63) is 59.2 Å². The van der Waals surface area contributed by atoms with Crippen LogP contribution in [0.5, 0.6) is 11.5 Å². The van der Waals surface area contributed by atoms with Gasteiger partial charge >= 0.3 is 0 Å². The van der Waals surface area contributed by atoms with Gasteiger partial charge in [-0.05, 0) is 48.2 Å². The van der Waals surface area contributed by atoms with Crippen LogP contribution in [0.15, 0.2) is 42.5 Å². The molecule has 0 bridgehead atoms. The number of nitrogens with one attached hydrogen (secondary N) is 1. The second kappa shape index (κ2) is 5.78. The number of nitrogen functional groups attached to an aromatic ring is 1. The van der Waals surface area contributed by atoms with E-state index >= 15 is 0 Å². The van der Waals surface area contributed by atoms with E-state index in [4.69, 9.17) is 15.9 Å². The highest BCUT2D eigenvalue weighted by molar-refractivity contribution is 5.97. The molecule has 0 fully saturated rings. The number of rotatable bonds is 4. The molecule has 20 heavy (non-hydrogen) atoms. The van der Waals surface area contributed by atoms with Crippen molar-refractivity contribution < 1.29 is 4.74 Å². The van der Waals surface area contributed by atoms with Crippen LogP contribution < -0.4 is 10.5 Å². The highest BCUT2D eigenvalue weighted by Gasteiger charge is 2.08. The van der Waals surface area contributed by atoms with Crippen molar-refractivity contribution in [2.24, 2.45) is 5.73 Å². The molecule has 0 amide bonds. The van der Waals surface area contributed by atoms with E-state index in [9.17, 15) is 0 Å². The maximum absolute atomic E-state index is 7.60. The summed E-state index contributed by atoms with van der Waals surface area (Å²) < 4.78 is 5.87. The van der Waals surface area contributed by atoms with Crippen molar-refractivity contribution in [3.8, 4) is 11.5 Å². The first-order chi connectivity index (χ1) is 9.47. The summed E-state index contributed by atoms with van der Waals surface area (Å²) in [4.78, 5) is 0. The third-order valence-corrected chi connectivity index (χ3v) is 3.20. The first-order valence-electron chi connectivity index (χ1n) is 6.70. The van der Waals surface area contributed by atoms with Gasteiger partial charge in [0.15, 0.2) is 0 Å². The van der Waals surface area contributed by atoms with Crippen LogP contribution in [-0.2, 0) is 0 Å². The Bertz CT molecular complexity index is 615. The standard InChI is InChI=1S/C17H20N2O/c1-11(2)13-5-7-14(8-6-13)20-16-10-12(3)4-9-15(16)17(18)19/h4-11H,1-3H3,(H3,18,19). The SMILES string of the molecule is Cc1ccc(C(=N)N)c(Oc2ccc(C(C)C)cc2)c1. The molecule has 0 heterocycles. The van der Waals surface area contributed by atoms with Gasteiger partial charge in [0, 0.05) is 0 Å². The van der Waals surface area contributed by atoms with Crippen molar-refractivity contribution in [1.82, 2.24) is 0 Å². The Morgan fingerprint density at radius 1 is 1.10 bits per heavy atom. The zero-order valence-corrected chi connectivity index (χ0v) is 12.1. The zero-order valence-electron chi connectivity index (χ0n) is 12.1. The van der Waals surface area contributed by atoms with Crippen molar-refractivity contribution in [3.63, 3.8) is 0 Å². The summed E-state index contributed by atoms with van der Waals surface area (Å²) in [6.45, 7) is 6.30. The Morgan fingerprint density at radius 3 is 2.30 bits per heavy atom. The Balaban J connectivity index is 2.29. The largest absolute Gasteiger partial charge is 0.457 e. The van der Waals surface area contributed by atoms with Gasteiger partial charge in [-0.2, -0.15) is 0 Å². The fraction of sp³-hybridized carbons (Fsp3) is 0.235. The van der Waals surface area contributed by atoms with E-state index in [0.717, 1.165) is 11.3 Å². The fourth-order valence-electron chi connectivity index (χ4n) is 1.98. The lowest BCUT2D eigenvalue weighted by Crippen LogP contribution is -2.12. The van der Waals surface area contributed by atoms with Gasteiger partial charge < -0.3 is 10.5 Å². The predicted molar refractivity (Wildman–Crippen MR) is 82.8 cm³/mol. The van der Waals surface area contributed by atoms with E-state index in [0.29, 0.717) is 17.2 Å². The van der Waals surface area contributed by atoms with E-state index in [-0.39, 0.29) is 5.84 Å². The molecule has 0 atom stereocenters. The summed E-state index contributed by atoms with van der Waals surface area (Å²) in [5.41, 5.74) is 8.54. The van der Waals surface area contributed by atoms with E-state index in [1.54, 1.807) is 0 Å². The molecule has 0 radical (unpaired) electrons. The van der Waals surface area contributed by atoms with Gasteiger partial charge in [-0.25, -0.2) is 0 Å². The topological polar surface area (TPSA) is 59.1 Å². The molecule has 0 saturated carbocycles. The van der Waals surface area contributed by atoms with Crippen LogP contribution in [0, 0.1) is 12.3 Å². The number of aryl methyl sites for hydroxylation is 1. The Kier molecular flexibility index (Phi) is 4.08. The van der Waals surface area contributed by atoms with Gasteiger partial charge in [-0.15, -0.1) is 0 Å². The summed E-state index contributed by atoms with van der Waals surface area (Å²) in [6, 6.07) is 13.6. The lowest BCUT2D eigenvalue weighted by Gasteiger charge is -2.12. The second-order valence-corrected chi connectivity index (χ2v) is 5.24. The number of benzene rings is 2. The lowest BCUT2D eigenvalue weighted by atomic mass is 10.0. The molecule has 3 heteroatoms. The normalized spacial score (nSPS) is 10.6. The van der Waals surface area contributed by atoms with Gasteiger partial charge in [0.05, 0.1) is 5.56 Å². The zero-order chi connectivity index (χ0) is 14.7. The fourth-order valence-corrected chi connectivity index (χ4v) is 1.98. The number of hydrogen-bond donors (Lipinski definition) is 2. The third kappa shape index (κ3) is 3.18. The van der Waals surface area contributed by atoms with Gasteiger partial charge in [0.2, 0.25) is 0 Å². The van der Waals surface area contributed by atoms with E-state index in [1.807, 2.05) is 37.3 Å². The second-order valence-electron chi connectivity index (χ2n) is 5.24. The molecule has 0 saturated heterocycles. The molecular formula is C17H20N2O. The summed E-state index contributed by atoms with van der Waals surface area (Å²) in [7, 11) is 0. The van der Waals surface area contributed by atoms with Crippen LogP contribution in [-0.4, -0.2) is 5.84 Å². The van der Waals surface area contributed by atoms with Gasteiger partial charge in [0.25, 0.3) is 0 Å². The predicted octanol–water partition coefficient (Wildman–Crippen LogP) is 4.19. The Morgan fingerprint density at radius 2 is 1.75 bits per heavy atom. The minimum atomic E-state index is 0.0128. The van der Waals surface area contributed by atoms with Crippen LogP contribution in [0.2, 0.25) is 0 Å². The van der Waals surface area contributed by atoms with Crippen LogP contribution >= 0.6 is 0 Å². The quantitative estimate of drug-likeness (QED) is 0.645. The van der Waals surface area contributed by atoms with Crippen LogP contribution in [0.1, 0.15) is 36.5 Å². The molecular weight excluding hydrogens is 248 g/mol. The molecule has 2 aromatic rings. The molecule has 0 aliphatic carbocycles. The van der Waals surface area contributed by atoms with Crippen molar-refractivity contribution in [1.29, 1.82) is 5.41 Å². The van der Waals surface area contributed by atoms with E-state index in [1.165, 1.54) is 5.56 Å². The minimum absolute atomic E-state index is 0.0128. The summed E-state index contributed by atoms with van der Waals surface area (Å²) in [5.74, 6) is 1.88. The Hall–Kier alpha value is -2.29. The first kappa shape index (κ1) is 14.1.